The Hall–Kier alpha value is -2.58. The van der Waals surface area contributed by atoms with Crippen molar-refractivity contribution in [3.05, 3.63) is 87.4 Å². The van der Waals surface area contributed by atoms with Crippen molar-refractivity contribution in [3.63, 3.8) is 0 Å². The van der Waals surface area contributed by atoms with Crippen LogP contribution in [0.2, 0.25) is 10.0 Å². The van der Waals surface area contributed by atoms with E-state index < -0.39 is 15.9 Å². The number of halogens is 2. The maximum atomic E-state index is 12.7. The molecule has 0 saturated carbocycles. The summed E-state index contributed by atoms with van der Waals surface area (Å²) in [4.78, 5) is 12.4. The molecule has 3 rings (SSSR count). The number of carbonyl (C=O) groups is 1. The van der Waals surface area contributed by atoms with Crippen molar-refractivity contribution in [2.75, 3.05) is 12.4 Å². The number of hydrogen-bond acceptors (Lipinski definition) is 4. The van der Waals surface area contributed by atoms with E-state index in [1.54, 1.807) is 25.3 Å². The molecule has 0 heterocycles. The van der Waals surface area contributed by atoms with Gasteiger partial charge in [0, 0.05) is 17.7 Å². The van der Waals surface area contributed by atoms with Gasteiger partial charge in [-0.05, 0) is 35.9 Å². The van der Waals surface area contributed by atoms with E-state index in [0.717, 1.165) is 17.2 Å². The highest BCUT2D eigenvalue weighted by molar-refractivity contribution is 7.89. The zero-order valence-electron chi connectivity index (χ0n) is 15.9. The molecule has 0 aliphatic rings. The molecule has 156 valence electrons. The van der Waals surface area contributed by atoms with Crippen LogP contribution in [0.5, 0.6) is 5.75 Å². The number of primary sulfonamides is 1. The Bertz CT molecular complexity index is 1200. The summed E-state index contributed by atoms with van der Waals surface area (Å²) in [6.07, 6.45) is 0.602. The molecular formula is C21H18Cl2N2O4S. The quantitative estimate of drug-likeness (QED) is 0.560. The molecule has 3 aromatic carbocycles. The molecule has 0 aromatic heterocycles. The molecule has 30 heavy (non-hydrogen) atoms. The number of rotatable bonds is 6. The van der Waals surface area contributed by atoms with Crippen molar-refractivity contribution >= 4 is 44.8 Å². The lowest BCUT2D eigenvalue weighted by atomic mass is 10.0. The maximum Gasteiger partial charge on any atom is 0.257 e. The molecule has 0 saturated heterocycles. The Morgan fingerprint density at radius 3 is 2.37 bits per heavy atom. The topological polar surface area (TPSA) is 98.5 Å². The van der Waals surface area contributed by atoms with E-state index in [1.165, 1.54) is 6.07 Å². The molecule has 0 fully saturated rings. The first kappa shape index (κ1) is 22.1. The van der Waals surface area contributed by atoms with Crippen molar-refractivity contribution in [3.8, 4) is 5.75 Å². The summed E-state index contributed by atoms with van der Waals surface area (Å²) >= 11 is 12.0. The summed E-state index contributed by atoms with van der Waals surface area (Å²) < 4.78 is 28.8. The third-order valence-corrected chi connectivity index (χ3v) is 6.04. The van der Waals surface area contributed by atoms with Crippen LogP contribution in [0.1, 0.15) is 21.5 Å². The fraction of sp³-hybridized carbons (Fsp3) is 0.0952. The van der Waals surface area contributed by atoms with Gasteiger partial charge >= 0.3 is 0 Å². The second-order valence-electron chi connectivity index (χ2n) is 6.45. The lowest BCUT2D eigenvalue weighted by Crippen LogP contribution is -2.17. The third-order valence-electron chi connectivity index (χ3n) is 4.35. The summed E-state index contributed by atoms with van der Waals surface area (Å²) in [6.45, 7) is 0. The number of benzene rings is 3. The minimum absolute atomic E-state index is 0.00270. The summed E-state index contributed by atoms with van der Waals surface area (Å²) in [5, 5.41) is 7.71. The van der Waals surface area contributed by atoms with E-state index in [9.17, 15) is 13.2 Å². The predicted molar refractivity (Wildman–Crippen MR) is 118 cm³/mol. The number of nitrogens with two attached hydrogens (primary N) is 1. The van der Waals surface area contributed by atoms with Gasteiger partial charge in [0.2, 0.25) is 10.0 Å². The van der Waals surface area contributed by atoms with E-state index >= 15 is 0 Å². The first-order chi connectivity index (χ1) is 14.2. The molecule has 0 aliphatic heterocycles. The molecule has 0 spiro atoms. The van der Waals surface area contributed by atoms with Crippen LogP contribution >= 0.6 is 23.2 Å². The molecule has 0 bridgehead atoms. The summed E-state index contributed by atoms with van der Waals surface area (Å²) in [5.41, 5.74) is 2.38. The van der Waals surface area contributed by atoms with Crippen LogP contribution in [0.3, 0.4) is 0 Å². The Labute approximate surface area is 184 Å². The van der Waals surface area contributed by atoms with Crippen LogP contribution in [0.4, 0.5) is 5.69 Å². The predicted octanol–water partition coefficient (Wildman–Crippen LogP) is 4.49. The average molecular weight is 465 g/mol. The second-order valence-corrected chi connectivity index (χ2v) is 8.79. The zero-order chi connectivity index (χ0) is 21.9. The Morgan fingerprint density at radius 1 is 1.03 bits per heavy atom. The normalized spacial score (nSPS) is 11.2. The number of sulfonamides is 1. The van der Waals surface area contributed by atoms with Crippen LogP contribution in [0.25, 0.3) is 0 Å². The molecule has 6 nitrogen and oxygen atoms in total. The highest BCUT2D eigenvalue weighted by atomic mass is 35.5. The van der Waals surface area contributed by atoms with Crippen molar-refractivity contribution in [2.24, 2.45) is 5.14 Å². The van der Waals surface area contributed by atoms with Gasteiger partial charge in [-0.3, -0.25) is 4.79 Å². The molecule has 3 N–H and O–H groups in total. The van der Waals surface area contributed by atoms with E-state index in [2.05, 4.69) is 5.32 Å². The lowest BCUT2D eigenvalue weighted by molar-refractivity contribution is 0.102. The number of amides is 1. The highest BCUT2D eigenvalue weighted by Crippen LogP contribution is 2.30. The van der Waals surface area contributed by atoms with Gasteiger partial charge < -0.3 is 10.1 Å². The SMILES string of the molecule is COc1ccc(NC(=O)c2cc(S(N)(=O)=O)c(Cl)cc2Cl)cc1Cc1ccccc1. The van der Waals surface area contributed by atoms with Gasteiger partial charge in [0.25, 0.3) is 5.91 Å². The van der Waals surface area contributed by atoms with Gasteiger partial charge in [0.15, 0.2) is 0 Å². The van der Waals surface area contributed by atoms with Crippen molar-refractivity contribution in [2.45, 2.75) is 11.3 Å². The van der Waals surface area contributed by atoms with Crippen molar-refractivity contribution < 1.29 is 17.9 Å². The van der Waals surface area contributed by atoms with Crippen LogP contribution in [-0.4, -0.2) is 21.4 Å². The Kier molecular flexibility index (Phi) is 6.67. The smallest absolute Gasteiger partial charge is 0.257 e. The molecular weight excluding hydrogens is 447 g/mol. The summed E-state index contributed by atoms with van der Waals surface area (Å²) in [5.74, 6) is 0.0790. The van der Waals surface area contributed by atoms with Gasteiger partial charge in [-0.1, -0.05) is 53.5 Å². The van der Waals surface area contributed by atoms with Crippen LogP contribution in [-0.2, 0) is 16.4 Å². The standard InChI is InChI=1S/C21H18Cl2N2O4S/c1-29-19-8-7-15(10-14(19)9-13-5-3-2-4-6-13)25-21(26)16-11-20(30(24,27)28)18(23)12-17(16)22/h2-8,10-12H,9H2,1H3,(H,25,26)(H2,24,27,28). The molecule has 0 unspecified atom stereocenters. The van der Waals surface area contributed by atoms with Crippen LogP contribution in [0, 0.1) is 0 Å². The van der Waals surface area contributed by atoms with Crippen LogP contribution in [0.15, 0.2) is 65.6 Å². The number of ether oxygens (including phenoxy) is 1. The van der Waals surface area contributed by atoms with Gasteiger partial charge in [0.1, 0.15) is 10.6 Å². The Balaban J connectivity index is 1.91. The highest BCUT2D eigenvalue weighted by Gasteiger charge is 2.20. The third kappa shape index (κ3) is 5.12. The minimum Gasteiger partial charge on any atom is -0.496 e. The number of nitrogens with one attached hydrogen (secondary N) is 1. The lowest BCUT2D eigenvalue weighted by Gasteiger charge is -2.13. The molecule has 0 radical (unpaired) electrons. The summed E-state index contributed by atoms with van der Waals surface area (Å²) in [7, 11) is -2.54. The molecule has 3 aromatic rings. The molecule has 0 aliphatic carbocycles. The van der Waals surface area contributed by atoms with E-state index in [0.29, 0.717) is 17.9 Å². The van der Waals surface area contributed by atoms with Crippen molar-refractivity contribution in [1.82, 2.24) is 0 Å². The minimum atomic E-state index is -4.12. The zero-order valence-corrected chi connectivity index (χ0v) is 18.2. The van der Waals surface area contributed by atoms with E-state index in [1.807, 2.05) is 30.3 Å². The van der Waals surface area contributed by atoms with Crippen molar-refractivity contribution in [1.29, 1.82) is 0 Å². The fourth-order valence-corrected chi connectivity index (χ4v) is 4.33. The average Bonchev–Trinajstić information content (AvgIpc) is 2.68. The van der Waals surface area contributed by atoms with Gasteiger partial charge in [-0.15, -0.1) is 0 Å². The number of hydrogen-bond donors (Lipinski definition) is 2. The monoisotopic (exact) mass is 464 g/mol. The molecule has 1 amide bonds. The Morgan fingerprint density at radius 2 is 1.73 bits per heavy atom. The van der Waals surface area contributed by atoms with Gasteiger partial charge in [0.05, 0.1) is 22.7 Å². The molecule has 9 heteroatoms. The first-order valence-electron chi connectivity index (χ1n) is 8.73. The molecule has 0 atom stereocenters. The summed E-state index contributed by atoms with van der Waals surface area (Å²) in [6, 6.07) is 17.2. The van der Waals surface area contributed by atoms with Gasteiger partial charge in [-0.25, -0.2) is 13.6 Å². The van der Waals surface area contributed by atoms with E-state index in [-0.39, 0.29) is 20.5 Å². The largest absolute Gasteiger partial charge is 0.496 e. The first-order valence-corrected chi connectivity index (χ1v) is 11.0. The van der Waals surface area contributed by atoms with Crippen LogP contribution < -0.4 is 15.2 Å². The number of anilines is 1. The van der Waals surface area contributed by atoms with Gasteiger partial charge in [-0.2, -0.15) is 0 Å². The van der Waals surface area contributed by atoms with E-state index in [4.69, 9.17) is 33.1 Å². The second kappa shape index (κ2) is 9.06. The number of methoxy groups -OCH3 is 1. The maximum absolute atomic E-state index is 12.7. The number of carbonyl (C=O) groups excluding carboxylic acids is 1. The fourth-order valence-electron chi connectivity index (χ4n) is 2.93.